The zero-order chi connectivity index (χ0) is 16.6. The van der Waals surface area contributed by atoms with Gasteiger partial charge in [0.25, 0.3) is 5.91 Å². The summed E-state index contributed by atoms with van der Waals surface area (Å²) in [7, 11) is 3.82. The van der Waals surface area contributed by atoms with E-state index in [1.54, 1.807) is 12.3 Å². The number of anilines is 1. The van der Waals surface area contributed by atoms with Crippen LogP contribution in [0.15, 0.2) is 47.4 Å². The van der Waals surface area contributed by atoms with Gasteiger partial charge in [0, 0.05) is 26.4 Å². The molecule has 2 N–H and O–H groups in total. The molecule has 6 nitrogen and oxygen atoms in total. The van der Waals surface area contributed by atoms with Crippen molar-refractivity contribution >= 4 is 17.4 Å². The normalized spacial score (nSPS) is 19.5. The Hall–Kier alpha value is -2.58. The van der Waals surface area contributed by atoms with E-state index in [0.29, 0.717) is 12.5 Å². The minimum atomic E-state index is -1.09. The number of hydrogen-bond acceptors (Lipinski definition) is 4. The molecule has 23 heavy (non-hydrogen) atoms. The summed E-state index contributed by atoms with van der Waals surface area (Å²) in [5, 5.41) is 6.21. The number of quaternary nitrogens is 1. The minimum absolute atomic E-state index is 0.170. The van der Waals surface area contributed by atoms with Crippen LogP contribution in [0, 0.1) is 11.6 Å². The van der Waals surface area contributed by atoms with E-state index in [-0.39, 0.29) is 11.4 Å². The van der Waals surface area contributed by atoms with Crippen molar-refractivity contribution in [3.05, 3.63) is 54.0 Å². The highest BCUT2D eigenvalue weighted by atomic mass is 19.2. The van der Waals surface area contributed by atoms with Crippen molar-refractivity contribution in [2.24, 2.45) is 4.99 Å². The number of amidine groups is 1. The molecular weight excluding hydrogens is 304 g/mol. The molecule has 1 aromatic rings. The van der Waals surface area contributed by atoms with Crippen LogP contribution in [0.3, 0.4) is 0 Å². The zero-order valence-electron chi connectivity index (χ0n) is 12.7. The second kappa shape index (κ2) is 5.90. The van der Waals surface area contributed by atoms with E-state index >= 15 is 0 Å². The summed E-state index contributed by atoms with van der Waals surface area (Å²) in [5.74, 6) is -1.97. The van der Waals surface area contributed by atoms with Gasteiger partial charge in [-0.2, -0.15) is 4.99 Å². The smallest absolute Gasteiger partial charge is 0.280 e. The summed E-state index contributed by atoms with van der Waals surface area (Å²) >= 11 is 0. The highest BCUT2D eigenvalue weighted by Gasteiger charge is 2.30. The van der Waals surface area contributed by atoms with Crippen LogP contribution in [-0.2, 0) is 4.79 Å². The van der Waals surface area contributed by atoms with Gasteiger partial charge < -0.3 is 5.32 Å². The van der Waals surface area contributed by atoms with Crippen LogP contribution < -0.4 is 10.2 Å². The largest absolute Gasteiger partial charge is 0.318 e. The first kappa shape index (κ1) is 15.3. The van der Waals surface area contributed by atoms with Gasteiger partial charge in [-0.3, -0.25) is 9.80 Å². The number of hydrazine groups is 1. The van der Waals surface area contributed by atoms with Gasteiger partial charge in [0.05, 0.1) is 5.69 Å². The van der Waals surface area contributed by atoms with Crippen LogP contribution in [0.4, 0.5) is 14.5 Å². The zero-order valence-corrected chi connectivity index (χ0v) is 12.7. The van der Waals surface area contributed by atoms with Crippen molar-refractivity contribution < 1.29 is 18.5 Å². The number of carbonyl (C=O) groups excluding carboxylic acids is 1. The molecule has 1 unspecified atom stereocenters. The first-order valence-corrected chi connectivity index (χ1v) is 7.00. The molecular formula is C15H16F2N5O+. The fourth-order valence-electron chi connectivity index (χ4n) is 2.31. The average molecular weight is 320 g/mol. The lowest BCUT2D eigenvalue weighted by molar-refractivity contribution is -0.762. The van der Waals surface area contributed by atoms with Crippen LogP contribution in [0.1, 0.15) is 0 Å². The number of nitrogens with one attached hydrogen (secondary N) is 2. The topological polar surface area (TPSA) is 52.4 Å². The average Bonchev–Trinajstić information content (AvgIpc) is 2.95. The molecule has 2 aliphatic rings. The van der Waals surface area contributed by atoms with Gasteiger partial charge in [0.1, 0.15) is 6.20 Å². The van der Waals surface area contributed by atoms with Gasteiger partial charge in [-0.05, 0) is 12.1 Å². The van der Waals surface area contributed by atoms with E-state index in [2.05, 4.69) is 10.3 Å². The number of benzene rings is 1. The Morgan fingerprint density at radius 3 is 2.91 bits per heavy atom. The Bertz CT molecular complexity index is 741. The number of hydrogen-bond donors (Lipinski definition) is 2. The molecule has 0 fully saturated rings. The molecule has 1 atom stereocenters. The Kier molecular flexibility index (Phi) is 3.93. The molecule has 3 rings (SSSR count). The van der Waals surface area contributed by atoms with Crippen molar-refractivity contribution in [1.82, 2.24) is 10.0 Å². The number of aliphatic imine (C=N–C) groups is 1. The van der Waals surface area contributed by atoms with Crippen molar-refractivity contribution in [2.75, 3.05) is 26.1 Å². The third-order valence-corrected chi connectivity index (χ3v) is 3.56. The maximum absolute atomic E-state index is 13.6. The van der Waals surface area contributed by atoms with E-state index in [4.69, 9.17) is 0 Å². The number of halogens is 2. The second-order valence-electron chi connectivity index (χ2n) is 5.37. The standard InChI is InChI=1S/C15H15F2N5O/c1-20(2)22-7-6-13-18-12(8-21(13)9-22)15(23)19-11-5-3-4-10(16)14(11)17/h3-8H,9H2,1-2H3,(H,19,23)/p+1. The first-order valence-electron chi connectivity index (χ1n) is 7.00. The lowest BCUT2D eigenvalue weighted by Gasteiger charge is -2.30. The molecule has 0 aliphatic carbocycles. The monoisotopic (exact) mass is 320 g/mol. The van der Waals surface area contributed by atoms with Crippen LogP contribution in [0.2, 0.25) is 0 Å². The van der Waals surface area contributed by atoms with Gasteiger partial charge in [0.2, 0.25) is 5.84 Å². The SMILES string of the molecule is CN(C)N1C=CC2=NC(C(=O)Nc3cccc(F)c3F)=C[NH+]2C1. The Morgan fingerprint density at radius 2 is 2.17 bits per heavy atom. The number of amides is 1. The van der Waals surface area contributed by atoms with Crippen molar-refractivity contribution in [3.8, 4) is 0 Å². The number of nitrogens with zero attached hydrogens (tertiary/aromatic N) is 3. The van der Waals surface area contributed by atoms with E-state index in [1.165, 1.54) is 12.1 Å². The third kappa shape index (κ3) is 2.99. The molecule has 0 radical (unpaired) electrons. The molecule has 0 saturated carbocycles. The molecule has 0 saturated heterocycles. The lowest BCUT2D eigenvalue weighted by atomic mass is 10.3. The molecule has 0 aromatic heterocycles. The first-order chi connectivity index (χ1) is 11.0. The van der Waals surface area contributed by atoms with E-state index in [9.17, 15) is 13.6 Å². The Balaban J connectivity index is 1.75. The fraction of sp³-hybridized carbons (Fsp3) is 0.200. The predicted octanol–water partition coefficient (Wildman–Crippen LogP) is 0.305. The Labute approximate surface area is 132 Å². The molecule has 0 spiro atoms. The maximum atomic E-state index is 13.6. The van der Waals surface area contributed by atoms with Crippen LogP contribution >= 0.6 is 0 Å². The molecule has 2 heterocycles. The van der Waals surface area contributed by atoms with Crippen LogP contribution in [0.5, 0.6) is 0 Å². The molecule has 2 aliphatic heterocycles. The highest BCUT2D eigenvalue weighted by Crippen LogP contribution is 2.17. The molecule has 1 aromatic carbocycles. The third-order valence-electron chi connectivity index (χ3n) is 3.56. The molecule has 8 heteroatoms. The van der Waals surface area contributed by atoms with E-state index in [1.807, 2.05) is 30.3 Å². The van der Waals surface area contributed by atoms with E-state index < -0.39 is 17.5 Å². The Morgan fingerprint density at radius 1 is 1.39 bits per heavy atom. The number of carbonyl (C=O) groups is 1. The van der Waals surface area contributed by atoms with E-state index in [0.717, 1.165) is 11.0 Å². The maximum Gasteiger partial charge on any atom is 0.280 e. The van der Waals surface area contributed by atoms with Gasteiger partial charge in [-0.25, -0.2) is 18.7 Å². The quantitative estimate of drug-likeness (QED) is 0.843. The minimum Gasteiger partial charge on any atom is -0.318 e. The summed E-state index contributed by atoms with van der Waals surface area (Å²) in [5.41, 5.74) is -0.0367. The van der Waals surface area contributed by atoms with Crippen molar-refractivity contribution in [1.29, 1.82) is 0 Å². The predicted molar refractivity (Wildman–Crippen MR) is 81.0 cm³/mol. The van der Waals surface area contributed by atoms with Gasteiger partial charge in [-0.15, -0.1) is 0 Å². The summed E-state index contributed by atoms with van der Waals surface area (Å²) in [6.45, 7) is 0.591. The fourth-order valence-corrected chi connectivity index (χ4v) is 2.31. The van der Waals surface area contributed by atoms with Crippen LogP contribution in [0.25, 0.3) is 0 Å². The highest BCUT2D eigenvalue weighted by molar-refractivity contribution is 6.06. The number of rotatable bonds is 3. The molecule has 0 bridgehead atoms. The van der Waals surface area contributed by atoms with Gasteiger partial charge in [-0.1, -0.05) is 6.07 Å². The van der Waals surface area contributed by atoms with Gasteiger partial charge >= 0.3 is 0 Å². The lowest BCUT2D eigenvalue weighted by Crippen LogP contribution is -3.11. The molecule has 120 valence electrons. The summed E-state index contributed by atoms with van der Waals surface area (Å²) in [6.07, 6.45) is 5.32. The van der Waals surface area contributed by atoms with Gasteiger partial charge in [0.15, 0.2) is 24.0 Å². The summed E-state index contributed by atoms with van der Waals surface area (Å²) < 4.78 is 26.8. The summed E-state index contributed by atoms with van der Waals surface area (Å²) in [6, 6.07) is 3.62. The van der Waals surface area contributed by atoms with Crippen molar-refractivity contribution in [2.45, 2.75) is 0 Å². The van der Waals surface area contributed by atoms with Crippen LogP contribution in [-0.4, -0.2) is 42.5 Å². The molecule has 1 amide bonds. The summed E-state index contributed by atoms with van der Waals surface area (Å²) in [4.78, 5) is 17.3. The number of fused-ring (bicyclic) bond motifs is 1. The second-order valence-corrected chi connectivity index (χ2v) is 5.37. The van der Waals surface area contributed by atoms with Crippen molar-refractivity contribution in [3.63, 3.8) is 0 Å².